The number of piperazine rings is 1. The summed E-state index contributed by atoms with van der Waals surface area (Å²) in [7, 11) is 3.25. The van der Waals surface area contributed by atoms with E-state index in [0.717, 1.165) is 36.4 Å². The summed E-state index contributed by atoms with van der Waals surface area (Å²) in [6, 6.07) is 4.16. The number of nitrogens with one attached hydrogen (secondary N) is 1. The van der Waals surface area contributed by atoms with E-state index in [4.69, 9.17) is 9.47 Å². The molecule has 2 aliphatic heterocycles. The van der Waals surface area contributed by atoms with Crippen molar-refractivity contribution < 1.29 is 14.3 Å². The largest absolute Gasteiger partial charge is 0.493 e. The van der Waals surface area contributed by atoms with Crippen molar-refractivity contribution in [1.82, 2.24) is 5.32 Å². The van der Waals surface area contributed by atoms with Crippen molar-refractivity contribution in [3.8, 4) is 11.5 Å². The van der Waals surface area contributed by atoms with Gasteiger partial charge in [-0.3, -0.25) is 4.79 Å². The van der Waals surface area contributed by atoms with Crippen molar-refractivity contribution in [2.24, 2.45) is 0 Å². The number of carbonyl (C=O) groups excluding carboxylic acids is 1. The van der Waals surface area contributed by atoms with Crippen LogP contribution >= 0.6 is 0 Å². The molecule has 1 aromatic carbocycles. The zero-order valence-electron chi connectivity index (χ0n) is 11.2. The van der Waals surface area contributed by atoms with Crippen LogP contribution in [0.25, 0.3) is 0 Å². The van der Waals surface area contributed by atoms with Crippen LogP contribution in [-0.2, 0) is 11.2 Å². The van der Waals surface area contributed by atoms with E-state index in [9.17, 15) is 4.79 Å². The second kappa shape index (κ2) is 4.74. The van der Waals surface area contributed by atoms with E-state index in [1.54, 1.807) is 14.2 Å². The third kappa shape index (κ3) is 1.94. The molecule has 1 amide bonds. The highest BCUT2D eigenvalue weighted by Crippen LogP contribution is 2.39. The fourth-order valence-electron chi connectivity index (χ4n) is 2.94. The summed E-state index contributed by atoms with van der Waals surface area (Å²) in [6.07, 6.45) is 1.95. The van der Waals surface area contributed by atoms with Gasteiger partial charge >= 0.3 is 0 Å². The van der Waals surface area contributed by atoms with Gasteiger partial charge in [0.25, 0.3) is 0 Å². The smallest absolute Gasteiger partial charge is 0.241 e. The van der Waals surface area contributed by atoms with Gasteiger partial charge in [0.05, 0.1) is 26.5 Å². The second-order valence-electron chi connectivity index (χ2n) is 4.92. The van der Waals surface area contributed by atoms with Gasteiger partial charge in [-0.2, -0.15) is 0 Å². The molecule has 1 N–H and O–H groups in total. The van der Waals surface area contributed by atoms with Crippen LogP contribution in [-0.4, -0.2) is 39.3 Å². The van der Waals surface area contributed by atoms with Gasteiger partial charge in [-0.1, -0.05) is 0 Å². The number of carbonyl (C=O) groups is 1. The van der Waals surface area contributed by atoms with Gasteiger partial charge in [0, 0.05) is 18.7 Å². The van der Waals surface area contributed by atoms with Crippen molar-refractivity contribution in [2.45, 2.75) is 18.9 Å². The number of hydrogen-bond acceptors (Lipinski definition) is 4. The number of benzene rings is 1. The van der Waals surface area contributed by atoms with Crippen molar-refractivity contribution in [2.75, 3.05) is 32.2 Å². The molecule has 1 aromatic rings. The van der Waals surface area contributed by atoms with Crippen LogP contribution in [0.5, 0.6) is 11.5 Å². The third-order valence-electron chi connectivity index (χ3n) is 3.88. The highest BCUT2D eigenvalue weighted by molar-refractivity contribution is 5.97. The van der Waals surface area contributed by atoms with Gasteiger partial charge in [0.1, 0.15) is 0 Å². The zero-order valence-corrected chi connectivity index (χ0v) is 11.2. The molecule has 1 fully saturated rings. The number of hydrogen-bond donors (Lipinski definition) is 1. The van der Waals surface area contributed by atoms with Crippen LogP contribution in [0.3, 0.4) is 0 Å². The minimum atomic E-state index is 0.129. The number of ether oxygens (including phenoxy) is 2. The maximum absolute atomic E-state index is 12.1. The molecule has 5 nitrogen and oxygen atoms in total. The highest BCUT2D eigenvalue weighted by Gasteiger charge is 2.34. The lowest BCUT2D eigenvalue weighted by atomic mass is 9.93. The molecule has 102 valence electrons. The average molecular weight is 262 g/mol. The molecule has 1 atom stereocenters. The van der Waals surface area contributed by atoms with Gasteiger partial charge in [0.2, 0.25) is 5.91 Å². The Morgan fingerprint density at radius 2 is 2.00 bits per heavy atom. The summed E-state index contributed by atoms with van der Waals surface area (Å²) in [6.45, 7) is 1.27. The van der Waals surface area contributed by atoms with Crippen LogP contribution in [0.2, 0.25) is 0 Å². The molecule has 5 heteroatoms. The highest BCUT2D eigenvalue weighted by atomic mass is 16.5. The molecule has 3 rings (SSSR count). The number of aryl methyl sites for hydroxylation is 1. The van der Waals surface area contributed by atoms with E-state index in [2.05, 4.69) is 5.32 Å². The lowest BCUT2D eigenvalue weighted by molar-refractivity contribution is -0.119. The Bertz CT molecular complexity index is 516. The first kappa shape index (κ1) is 12.3. The van der Waals surface area contributed by atoms with E-state index in [0.29, 0.717) is 12.3 Å². The molecule has 0 aromatic heterocycles. The van der Waals surface area contributed by atoms with Gasteiger partial charge in [-0.25, -0.2) is 0 Å². The zero-order chi connectivity index (χ0) is 13.4. The molecular weight excluding hydrogens is 244 g/mol. The molecule has 0 aliphatic carbocycles. The lowest BCUT2D eigenvalue weighted by Gasteiger charge is -2.40. The molecular formula is C14H18N2O3. The van der Waals surface area contributed by atoms with Crippen LogP contribution in [0, 0.1) is 0 Å². The minimum Gasteiger partial charge on any atom is -0.493 e. The summed E-state index contributed by atoms with van der Waals surface area (Å²) in [5, 5.41) is 3.17. The molecule has 0 saturated carbocycles. The summed E-state index contributed by atoms with van der Waals surface area (Å²) < 4.78 is 10.7. The fourth-order valence-corrected chi connectivity index (χ4v) is 2.94. The Morgan fingerprint density at radius 1 is 1.26 bits per heavy atom. The van der Waals surface area contributed by atoms with E-state index >= 15 is 0 Å². The number of rotatable bonds is 2. The predicted octanol–water partition coefficient (Wildman–Crippen LogP) is 0.955. The summed E-state index contributed by atoms with van der Waals surface area (Å²) in [4.78, 5) is 14.1. The Morgan fingerprint density at radius 3 is 2.74 bits per heavy atom. The van der Waals surface area contributed by atoms with Crippen LogP contribution in [0.4, 0.5) is 5.69 Å². The van der Waals surface area contributed by atoms with Crippen molar-refractivity contribution in [3.05, 3.63) is 17.7 Å². The number of nitrogens with zero attached hydrogens (tertiary/aromatic N) is 1. The number of anilines is 1. The van der Waals surface area contributed by atoms with E-state index in [-0.39, 0.29) is 11.9 Å². The van der Waals surface area contributed by atoms with Crippen LogP contribution in [0.15, 0.2) is 12.1 Å². The molecule has 0 bridgehead atoms. The fraction of sp³-hybridized carbons (Fsp3) is 0.500. The maximum Gasteiger partial charge on any atom is 0.241 e. The van der Waals surface area contributed by atoms with Gasteiger partial charge in [-0.15, -0.1) is 0 Å². The van der Waals surface area contributed by atoms with Crippen LogP contribution < -0.4 is 19.7 Å². The first-order valence-electron chi connectivity index (χ1n) is 6.52. The van der Waals surface area contributed by atoms with E-state index in [1.807, 2.05) is 17.0 Å². The SMILES string of the molecule is COc1cc2c(cc1OC)N1C(=O)CNCC1CC2. The monoisotopic (exact) mass is 262 g/mol. The third-order valence-corrected chi connectivity index (χ3v) is 3.88. The van der Waals surface area contributed by atoms with Crippen molar-refractivity contribution >= 4 is 11.6 Å². The molecule has 1 unspecified atom stereocenters. The lowest BCUT2D eigenvalue weighted by Crippen LogP contribution is -2.56. The normalized spacial score (nSPS) is 21.7. The number of amides is 1. The van der Waals surface area contributed by atoms with E-state index in [1.165, 1.54) is 0 Å². The Hall–Kier alpha value is -1.75. The summed E-state index contributed by atoms with van der Waals surface area (Å²) in [5.74, 6) is 1.53. The topological polar surface area (TPSA) is 50.8 Å². The Kier molecular flexibility index (Phi) is 3.06. The van der Waals surface area contributed by atoms with Gasteiger partial charge in [0.15, 0.2) is 11.5 Å². The summed E-state index contributed by atoms with van der Waals surface area (Å²) in [5.41, 5.74) is 2.13. The van der Waals surface area contributed by atoms with Gasteiger partial charge < -0.3 is 19.7 Å². The van der Waals surface area contributed by atoms with Crippen molar-refractivity contribution in [3.63, 3.8) is 0 Å². The number of methoxy groups -OCH3 is 2. The van der Waals surface area contributed by atoms with Crippen molar-refractivity contribution in [1.29, 1.82) is 0 Å². The first-order valence-corrected chi connectivity index (χ1v) is 6.52. The second-order valence-corrected chi connectivity index (χ2v) is 4.92. The predicted molar refractivity (Wildman–Crippen MR) is 72.0 cm³/mol. The Balaban J connectivity index is 2.08. The van der Waals surface area contributed by atoms with Crippen LogP contribution in [0.1, 0.15) is 12.0 Å². The standard InChI is InChI=1S/C14H18N2O3/c1-18-12-5-9-3-4-10-7-15-8-14(17)16(10)11(9)6-13(12)19-2/h5-6,10,15H,3-4,7-8H2,1-2H3. The number of fused-ring (bicyclic) bond motifs is 3. The van der Waals surface area contributed by atoms with Gasteiger partial charge in [-0.05, 0) is 24.5 Å². The molecule has 19 heavy (non-hydrogen) atoms. The summed E-state index contributed by atoms with van der Waals surface area (Å²) >= 11 is 0. The van der Waals surface area contributed by atoms with E-state index < -0.39 is 0 Å². The molecule has 0 spiro atoms. The molecule has 2 heterocycles. The minimum absolute atomic E-state index is 0.129. The quantitative estimate of drug-likeness (QED) is 0.862. The molecule has 0 radical (unpaired) electrons. The molecule has 2 aliphatic rings. The Labute approximate surface area is 112 Å². The first-order chi connectivity index (χ1) is 9.24. The maximum atomic E-state index is 12.1. The average Bonchev–Trinajstić information content (AvgIpc) is 2.45. The molecule has 1 saturated heterocycles.